The summed E-state index contributed by atoms with van der Waals surface area (Å²) in [6.45, 7) is 4.06. The summed E-state index contributed by atoms with van der Waals surface area (Å²) in [6, 6.07) is 21.6. The van der Waals surface area contributed by atoms with Crippen molar-refractivity contribution in [3.05, 3.63) is 100 Å². The van der Waals surface area contributed by atoms with E-state index in [1.807, 2.05) is 54.6 Å². The Balaban J connectivity index is 1.85. The number of nitro benzene ring substituents is 1. The fourth-order valence-corrected chi connectivity index (χ4v) is 4.71. The topological polar surface area (TPSA) is 89.8 Å². The summed E-state index contributed by atoms with van der Waals surface area (Å²) in [5.74, 6) is 0.607. The maximum atomic E-state index is 13.3. The van der Waals surface area contributed by atoms with E-state index in [1.54, 1.807) is 13.8 Å². The highest BCUT2D eigenvalue weighted by molar-refractivity contribution is 7.89. The van der Waals surface area contributed by atoms with Crippen molar-refractivity contribution in [1.29, 1.82) is 0 Å². The number of benzene rings is 3. The number of hydrogen-bond acceptors (Lipinski definition) is 5. The van der Waals surface area contributed by atoms with Gasteiger partial charge in [-0.1, -0.05) is 48.5 Å². The largest absolute Gasteiger partial charge is 0.489 e. The predicted octanol–water partition coefficient (Wildman–Crippen LogP) is 4.77. The van der Waals surface area contributed by atoms with Crippen molar-refractivity contribution in [3.63, 3.8) is 0 Å². The number of sulfonamides is 1. The number of hydrogen-bond donors (Lipinski definition) is 0. The highest BCUT2D eigenvalue weighted by Gasteiger charge is 2.28. The van der Waals surface area contributed by atoms with Crippen molar-refractivity contribution in [2.75, 3.05) is 0 Å². The van der Waals surface area contributed by atoms with Crippen LogP contribution in [0.25, 0.3) is 0 Å². The Hall–Kier alpha value is -3.23. The average Bonchev–Trinajstić information content (AvgIpc) is 2.77. The number of nitro groups is 1. The van der Waals surface area contributed by atoms with Gasteiger partial charge < -0.3 is 4.74 Å². The second-order valence-electron chi connectivity index (χ2n) is 7.28. The van der Waals surface area contributed by atoms with Gasteiger partial charge in [0, 0.05) is 30.3 Å². The van der Waals surface area contributed by atoms with Crippen LogP contribution in [0.3, 0.4) is 0 Å². The van der Waals surface area contributed by atoms with Crippen molar-refractivity contribution < 1.29 is 18.1 Å². The van der Waals surface area contributed by atoms with Crippen molar-refractivity contribution in [3.8, 4) is 5.75 Å². The fraction of sp³-hybridized carbons (Fsp3) is 0.217. The van der Waals surface area contributed by atoms with Gasteiger partial charge in [-0.2, -0.15) is 4.31 Å². The van der Waals surface area contributed by atoms with Crippen molar-refractivity contribution in [2.45, 2.75) is 37.9 Å². The van der Waals surface area contributed by atoms with Crippen LogP contribution in [0.1, 0.15) is 25.0 Å². The first-order valence-corrected chi connectivity index (χ1v) is 11.2. The van der Waals surface area contributed by atoms with E-state index in [0.717, 1.165) is 11.1 Å². The zero-order valence-corrected chi connectivity index (χ0v) is 18.2. The van der Waals surface area contributed by atoms with E-state index in [-0.39, 0.29) is 23.2 Å². The molecular weight excluding hydrogens is 416 g/mol. The van der Waals surface area contributed by atoms with Crippen molar-refractivity contribution in [1.82, 2.24) is 4.31 Å². The molecule has 0 heterocycles. The first kappa shape index (κ1) is 22.5. The quantitative estimate of drug-likeness (QED) is 0.353. The summed E-state index contributed by atoms with van der Waals surface area (Å²) in [4.78, 5) is 10.3. The number of non-ortho nitro benzene ring substituents is 1. The summed E-state index contributed by atoms with van der Waals surface area (Å²) in [5.41, 5.74) is 1.59. The number of nitrogens with zero attached hydrogens (tertiary/aromatic N) is 2. The molecule has 0 aliphatic carbocycles. The molecule has 0 radical (unpaired) electrons. The summed E-state index contributed by atoms with van der Waals surface area (Å²) < 4.78 is 33.9. The lowest BCUT2D eigenvalue weighted by Crippen LogP contribution is -2.36. The molecule has 162 valence electrons. The van der Waals surface area contributed by atoms with Crippen LogP contribution >= 0.6 is 0 Å². The third-order valence-corrected chi connectivity index (χ3v) is 6.80. The smallest absolute Gasteiger partial charge is 0.269 e. The molecule has 0 spiro atoms. The molecule has 31 heavy (non-hydrogen) atoms. The van der Waals surface area contributed by atoms with E-state index in [0.29, 0.717) is 12.4 Å². The molecule has 0 aliphatic rings. The van der Waals surface area contributed by atoms with Crippen molar-refractivity contribution in [2.24, 2.45) is 0 Å². The zero-order chi connectivity index (χ0) is 22.4. The molecule has 8 heteroatoms. The van der Waals surface area contributed by atoms with Gasteiger partial charge in [-0.25, -0.2) is 8.42 Å². The molecule has 0 unspecified atom stereocenters. The molecule has 0 atom stereocenters. The Labute approximate surface area is 182 Å². The number of ether oxygens (including phenoxy) is 1. The van der Waals surface area contributed by atoms with Crippen LogP contribution in [0.4, 0.5) is 5.69 Å². The summed E-state index contributed by atoms with van der Waals surface area (Å²) in [7, 11) is -3.87. The van der Waals surface area contributed by atoms with E-state index in [2.05, 4.69) is 0 Å². The molecule has 3 rings (SSSR count). The molecule has 0 amide bonds. The Kier molecular flexibility index (Phi) is 7.04. The molecular formula is C23H24N2O5S. The Morgan fingerprint density at radius 2 is 1.55 bits per heavy atom. The molecule has 0 bridgehead atoms. The molecule has 0 aromatic heterocycles. The van der Waals surface area contributed by atoms with E-state index in [9.17, 15) is 18.5 Å². The molecule has 7 nitrogen and oxygen atoms in total. The Morgan fingerprint density at radius 1 is 0.935 bits per heavy atom. The molecule has 0 saturated heterocycles. The molecule has 3 aromatic carbocycles. The van der Waals surface area contributed by atoms with Crippen LogP contribution in [-0.2, 0) is 23.2 Å². The van der Waals surface area contributed by atoms with Crippen LogP contribution < -0.4 is 4.74 Å². The maximum absolute atomic E-state index is 13.3. The van der Waals surface area contributed by atoms with E-state index in [1.165, 1.54) is 28.6 Å². The standard InChI is InChI=1S/C23H24N2O5S/c1-18(2)24(31(28,29)22-14-12-21(13-15-22)25(26)27)16-20-10-6-7-11-23(20)30-17-19-8-4-3-5-9-19/h3-15,18H,16-17H2,1-2H3. The van der Waals surface area contributed by atoms with E-state index in [4.69, 9.17) is 4.74 Å². The molecule has 3 aromatic rings. The van der Waals surface area contributed by atoms with Gasteiger partial charge in [-0.15, -0.1) is 0 Å². The number of rotatable bonds is 9. The van der Waals surface area contributed by atoms with E-state index < -0.39 is 14.9 Å². The Bertz CT molecular complexity index is 1130. The lowest BCUT2D eigenvalue weighted by atomic mass is 10.2. The predicted molar refractivity (Wildman–Crippen MR) is 118 cm³/mol. The van der Waals surface area contributed by atoms with Gasteiger partial charge in [-0.05, 0) is 37.6 Å². The maximum Gasteiger partial charge on any atom is 0.269 e. The highest BCUT2D eigenvalue weighted by atomic mass is 32.2. The number of para-hydroxylation sites is 1. The minimum Gasteiger partial charge on any atom is -0.489 e. The van der Waals surface area contributed by atoms with Crippen LogP contribution in [0.15, 0.2) is 83.8 Å². The average molecular weight is 441 g/mol. The third kappa shape index (κ3) is 5.48. The van der Waals surface area contributed by atoms with Crippen LogP contribution in [-0.4, -0.2) is 23.7 Å². The summed E-state index contributed by atoms with van der Waals surface area (Å²) in [6.07, 6.45) is 0. The van der Waals surface area contributed by atoms with Crippen molar-refractivity contribution >= 4 is 15.7 Å². The Morgan fingerprint density at radius 3 is 2.16 bits per heavy atom. The molecule has 0 saturated carbocycles. The van der Waals surface area contributed by atoms with Gasteiger partial charge in [-0.3, -0.25) is 10.1 Å². The van der Waals surface area contributed by atoms with Gasteiger partial charge in [0.05, 0.1) is 9.82 Å². The lowest BCUT2D eigenvalue weighted by molar-refractivity contribution is -0.384. The van der Waals surface area contributed by atoms with Gasteiger partial charge in [0.25, 0.3) is 5.69 Å². The monoisotopic (exact) mass is 440 g/mol. The first-order chi connectivity index (χ1) is 14.8. The zero-order valence-electron chi connectivity index (χ0n) is 17.3. The summed E-state index contributed by atoms with van der Waals surface area (Å²) in [5, 5.41) is 10.9. The normalized spacial score (nSPS) is 11.6. The van der Waals surface area contributed by atoms with Gasteiger partial charge in [0.15, 0.2) is 0 Å². The SMILES string of the molecule is CC(C)N(Cc1ccccc1OCc1ccccc1)S(=O)(=O)c1ccc([N+](=O)[O-])cc1. The minimum absolute atomic E-state index is 0.00878. The van der Waals surface area contributed by atoms with Crippen LogP contribution in [0, 0.1) is 10.1 Å². The van der Waals surface area contributed by atoms with Gasteiger partial charge >= 0.3 is 0 Å². The van der Waals surface area contributed by atoms with Crippen LogP contribution in [0.5, 0.6) is 5.75 Å². The second kappa shape index (κ2) is 9.72. The molecule has 0 fully saturated rings. The summed E-state index contributed by atoms with van der Waals surface area (Å²) >= 11 is 0. The highest BCUT2D eigenvalue weighted by Crippen LogP contribution is 2.27. The van der Waals surface area contributed by atoms with Crippen LogP contribution in [0.2, 0.25) is 0 Å². The van der Waals surface area contributed by atoms with Gasteiger partial charge in [0.1, 0.15) is 12.4 Å². The fourth-order valence-electron chi connectivity index (χ4n) is 3.10. The molecule has 0 aliphatic heterocycles. The lowest BCUT2D eigenvalue weighted by Gasteiger charge is -2.27. The van der Waals surface area contributed by atoms with Gasteiger partial charge in [0.2, 0.25) is 10.0 Å². The third-order valence-electron chi connectivity index (χ3n) is 4.77. The minimum atomic E-state index is -3.87. The van der Waals surface area contributed by atoms with E-state index >= 15 is 0 Å². The first-order valence-electron chi connectivity index (χ1n) is 9.80. The second-order valence-corrected chi connectivity index (χ2v) is 9.17. The molecule has 0 N–H and O–H groups in total.